The Morgan fingerprint density at radius 1 is 1.22 bits per heavy atom. The fourth-order valence-electron chi connectivity index (χ4n) is 1.60. The average Bonchev–Trinajstić information content (AvgIpc) is 2.46. The molecule has 0 saturated carbocycles. The van der Waals surface area contributed by atoms with Crippen LogP contribution < -0.4 is 16.6 Å². The van der Waals surface area contributed by atoms with E-state index in [1.54, 1.807) is 38.1 Å². The zero-order chi connectivity index (χ0) is 17.0. The maximum absolute atomic E-state index is 11.6. The van der Waals surface area contributed by atoms with Crippen molar-refractivity contribution in [2.75, 3.05) is 5.32 Å². The first kappa shape index (κ1) is 16.1. The van der Waals surface area contributed by atoms with Gasteiger partial charge in [0.25, 0.3) is 5.56 Å². The van der Waals surface area contributed by atoms with Crippen molar-refractivity contribution in [3.63, 3.8) is 0 Å². The molecule has 120 valence electrons. The lowest BCUT2D eigenvalue weighted by Crippen LogP contribution is -2.20. The van der Waals surface area contributed by atoms with E-state index in [2.05, 4.69) is 15.5 Å². The molecule has 9 heteroatoms. The van der Waals surface area contributed by atoms with Gasteiger partial charge in [0.2, 0.25) is 17.5 Å². The third-order valence-electron chi connectivity index (χ3n) is 2.80. The lowest BCUT2D eigenvalue weighted by Gasteiger charge is -2.07. The molecule has 2 aromatic rings. The zero-order valence-electron chi connectivity index (χ0n) is 12.5. The first-order valence-electron chi connectivity index (χ1n) is 6.75. The van der Waals surface area contributed by atoms with Gasteiger partial charge in [0.05, 0.1) is 5.69 Å². The fourth-order valence-corrected chi connectivity index (χ4v) is 1.60. The maximum atomic E-state index is 11.6. The van der Waals surface area contributed by atoms with E-state index in [4.69, 9.17) is 0 Å². The summed E-state index contributed by atoms with van der Waals surface area (Å²) >= 11 is 0. The van der Waals surface area contributed by atoms with Crippen LogP contribution in [-0.4, -0.2) is 21.0 Å². The summed E-state index contributed by atoms with van der Waals surface area (Å²) in [6, 6.07) is 6.50. The summed E-state index contributed by atoms with van der Waals surface area (Å²) in [7, 11) is 0. The Balaban J connectivity index is 2.26. The van der Waals surface area contributed by atoms with Crippen molar-refractivity contribution in [1.29, 1.82) is 0 Å². The molecular weight excluding hydrogens is 302 g/mol. The van der Waals surface area contributed by atoms with Crippen molar-refractivity contribution in [1.82, 2.24) is 9.97 Å². The number of aromatic amines is 2. The van der Waals surface area contributed by atoms with Gasteiger partial charge in [-0.25, -0.2) is 4.79 Å². The van der Waals surface area contributed by atoms with E-state index in [1.165, 1.54) is 0 Å². The van der Waals surface area contributed by atoms with Crippen LogP contribution in [0.25, 0.3) is 0 Å². The van der Waals surface area contributed by atoms with Gasteiger partial charge in [0.1, 0.15) is 0 Å². The van der Waals surface area contributed by atoms with Gasteiger partial charge in [-0.15, -0.1) is 5.11 Å². The van der Waals surface area contributed by atoms with Crippen LogP contribution in [0.4, 0.5) is 17.1 Å². The second-order valence-electron chi connectivity index (χ2n) is 5.00. The van der Waals surface area contributed by atoms with Crippen LogP contribution in [0, 0.1) is 5.92 Å². The minimum Gasteiger partial charge on any atom is -0.493 e. The number of azo groups is 1. The monoisotopic (exact) mass is 317 g/mol. The molecule has 1 amide bonds. The highest BCUT2D eigenvalue weighted by Gasteiger charge is 2.08. The van der Waals surface area contributed by atoms with E-state index < -0.39 is 22.8 Å². The van der Waals surface area contributed by atoms with Gasteiger partial charge in [-0.05, 0) is 18.2 Å². The number of hydrogen-bond acceptors (Lipinski definition) is 6. The van der Waals surface area contributed by atoms with Crippen molar-refractivity contribution in [3.8, 4) is 5.88 Å². The number of H-pyrrole nitrogens is 2. The van der Waals surface area contributed by atoms with Crippen LogP contribution in [0.1, 0.15) is 13.8 Å². The highest BCUT2D eigenvalue weighted by atomic mass is 16.3. The Hall–Kier alpha value is -3.23. The third-order valence-corrected chi connectivity index (χ3v) is 2.80. The molecule has 2 rings (SSSR count). The van der Waals surface area contributed by atoms with Crippen molar-refractivity contribution in [2.24, 2.45) is 16.1 Å². The number of rotatable bonds is 4. The van der Waals surface area contributed by atoms with Crippen molar-refractivity contribution >= 4 is 23.0 Å². The molecule has 4 N–H and O–H groups in total. The van der Waals surface area contributed by atoms with Crippen LogP contribution in [0.3, 0.4) is 0 Å². The third kappa shape index (κ3) is 4.13. The molecule has 1 aromatic carbocycles. The molecule has 9 nitrogen and oxygen atoms in total. The molecule has 0 atom stereocenters. The Morgan fingerprint density at radius 3 is 2.61 bits per heavy atom. The number of hydrogen-bond donors (Lipinski definition) is 4. The molecule has 23 heavy (non-hydrogen) atoms. The lowest BCUT2D eigenvalue weighted by molar-refractivity contribution is -0.118. The van der Waals surface area contributed by atoms with Gasteiger partial charge in [-0.2, -0.15) is 5.11 Å². The molecular formula is C14H15N5O4. The predicted octanol–water partition coefficient (Wildman–Crippen LogP) is 1.78. The molecule has 0 fully saturated rings. The summed E-state index contributed by atoms with van der Waals surface area (Å²) in [5, 5.41) is 19.6. The van der Waals surface area contributed by atoms with E-state index >= 15 is 0 Å². The molecule has 0 saturated heterocycles. The van der Waals surface area contributed by atoms with E-state index in [-0.39, 0.29) is 11.8 Å². The van der Waals surface area contributed by atoms with Crippen LogP contribution >= 0.6 is 0 Å². The standard InChI is InChI=1S/C14H15N5O4/c1-7(2)11(20)15-8-4-3-5-9(6-8)18-19-10-12(21)16-14(23)17-13(10)22/h3-7H,1-2H3,(H,15,20)(H3,16,17,21,22,23). The van der Waals surface area contributed by atoms with E-state index in [1.807, 2.05) is 9.97 Å². The van der Waals surface area contributed by atoms with Gasteiger partial charge < -0.3 is 10.4 Å². The first-order valence-corrected chi connectivity index (χ1v) is 6.75. The largest absolute Gasteiger partial charge is 0.493 e. The van der Waals surface area contributed by atoms with Crippen LogP contribution in [0.5, 0.6) is 5.88 Å². The lowest BCUT2D eigenvalue weighted by atomic mass is 10.2. The second kappa shape index (κ2) is 6.69. The number of aromatic nitrogens is 2. The molecule has 1 heterocycles. The number of benzene rings is 1. The zero-order valence-corrected chi connectivity index (χ0v) is 12.5. The molecule has 0 bridgehead atoms. The normalized spacial score (nSPS) is 11.1. The van der Waals surface area contributed by atoms with Crippen LogP contribution in [0.15, 0.2) is 44.1 Å². The predicted molar refractivity (Wildman–Crippen MR) is 83.4 cm³/mol. The minimum atomic E-state index is -0.862. The molecule has 0 aliphatic carbocycles. The van der Waals surface area contributed by atoms with Gasteiger partial charge in [0.15, 0.2) is 0 Å². The number of nitrogens with zero attached hydrogens (tertiary/aromatic N) is 2. The Morgan fingerprint density at radius 2 is 1.96 bits per heavy atom. The summed E-state index contributed by atoms with van der Waals surface area (Å²) in [6.45, 7) is 3.54. The highest BCUT2D eigenvalue weighted by Crippen LogP contribution is 2.23. The van der Waals surface area contributed by atoms with E-state index in [9.17, 15) is 19.5 Å². The van der Waals surface area contributed by atoms with Crippen LogP contribution in [0.2, 0.25) is 0 Å². The number of anilines is 1. The SMILES string of the molecule is CC(C)C(=O)Nc1cccc(N=Nc2c(O)[nH]c(=O)[nH]c2=O)c1. The average molecular weight is 317 g/mol. The van der Waals surface area contributed by atoms with Crippen molar-refractivity contribution < 1.29 is 9.90 Å². The summed E-state index contributed by atoms with van der Waals surface area (Å²) in [6.07, 6.45) is 0. The van der Waals surface area contributed by atoms with E-state index in [0.29, 0.717) is 11.4 Å². The van der Waals surface area contributed by atoms with E-state index in [0.717, 1.165) is 0 Å². The highest BCUT2D eigenvalue weighted by molar-refractivity contribution is 5.92. The van der Waals surface area contributed by atoms with Gasteiger partial charge in [-0.1, -0.05) is 19.9 Å². The Labute approximate surface area is 130 Å². The number of nitrogens with one attached hydrogen (secondary N) is 3. The molecule has 0 unspecified atom stereocenters. The summed E-state index contributed by atoms with van der Waals surface area (Å²) in [5.74, 6) is -0.988. The summed E-state index contributed by atoms with van der Waals surface area (Å²) in [4.78, 5) is 38.1. The van der Waals surface area contributed by atoms with Gasteiger partial charge in [0, 0.05) is 11.6 Å². The minimum absolute atomic E-state index is 0.145. The topological polar surface area (TPSA) is 140 Å². The Bertz CT molecular complexity index is 866. The molecule has 0 aliphatic rings. The molecule has 0 spiro atoms. The number of amides is 1. The maximum Gasteiger partial charge on any atom is 0.328 e. The number of carbonyl (C=O) groups excluding carboxylic acids is 1. The molecule has 0 aliphatic heterocycles. The first-order chi connectivity index (χ1) is 10.9. The van der Waals surface area contributed by atoms with Crippen molar-refractivity contribution in [2.45, 2.75) is 13.8 Å². The van der Waals surface area contributed by atoms with Crippen LogP contribution in [-0.2, 0) is 4.79 Å². The summed E-state index contributed by atoms with van der Waals surface area (Å²) < 4.78 is 0. The van der Waals surface area contributed by atoms with Crippen molar-refractivity contribution in [3.05, 3.63) is 45.1 Å². The van der Waals surface area contributed by atoms with Gasteiger partial charge in [-0.3, -0.25) is 19.6 Å². The molecule has 0 radical (unpaired) electrons. The second-order valence-corrected chi connectivity index (χ2v) is 5.00. The number of carbonyl (C=O) groups is 1. The molecule has 1 aromatic heterocycles. The fraction of sp³-hybridized carbons (Fsp3) is 0.214. The van der Waals surface area contributed by atoms with Gasteiger partial charge >= 0.3 is 5.69 Å². The quantitative estimate of drug-likeness (QED) is 0.638. The summed E-state index contributed by atoms with van der Waals surface area (Å²) in [5.41, 5.74) is -1.23. The Kier molecular flexibility index (Phi) is 4.69. The smallest absolute Gasteiger partial charge is 0.328 e. The number of aromatic hydroxyl groups is 1.